The van der Waals surface area contributed by atoms with Crippen LogP contribution >= 0.6 is 11.6 Å². The minimum absolute atomic E-state index is 0.221. The predicted octanol–water partition coefficient (Wildman–Crippen LogP) is 3.76. The van der Waals surface area contributed by atoms with Gasteiger partial charge in [-0.25, -0.2) is 0 Å². The van der Waals surface area contributed by atoms with Crippen LogP contribution in [0.1, 0.15) is 34.3 Å². The fourth-order valence-electron chi connectivity index (χ4n) is 1.86. The number of aryl methyl sites for hydroxylation is 3. The summed E-state index contributed by atoms with van der Waals surface area (Å²) < 4.78 is 5.12. The lowest BCUT2D eigenvalue weighted by molar-refractivity contribution is 0.102. The molecule has 100 valence electrons. The van der Waals surface area contributed by atoms with Crippen LogP contribution in [0.4, 0.5) is 5.69 Å². The molecule has 0 aliphatic carbocycles. The zero-order valence-electron chi connectivity index (χ0n) is 11.1. The molecule has 4 nitrogen and oxygen atoms in total. The van der Waals surface area contributed by atoms with Crippen LogP contribution in [0.5, 0.6) is 0 Å². The topological polar surface area (TPSA) is 55.1 Å². The van der Waals surface area contributed by atoms with Crippen LogP contribution in [0.25, 0.3) is 0 Å². The van der Waals surface area contributed by atoms with E-state index in [1.54, 1.807) is 19.1 Å². The number of rotatable bonds is 3. The number of carbonyl (C=O) groups is 1. The Balaban J connectivity index is 2.30. The number of hydrogen-bond acceptors (Lipinski definition) is 3. The van der Waals surface area contributed by atoms with Gasteiger partial charge in [-0.15, -0.1) is 0 Å². The third kappa shape index (κ3) is 2.79. The van der Waals surface area contributed by atoms with E-state index in [-0.39, 0.29) is 5.91 Å². The molecule has 0 aliphatic heterocycles. The molecule has 0 saturated heterocycles. The van der Waals surface area contributed by atoms with Gasteiger partial charge in [-0.05, 0) is 31.5 Å². The zero-order chi connectivity index (χ0) is 14.0. The highest BCUT2D eigenvalue weighted by molar-refractivity contribution is 6.31. The van der Waals surface area contributed by atoms with Crippen molar-refractivity contribution in [2.45, 2.75) is 27.2 Å². The molecule has 1 heterocycles. The van der Waals surface area contributed by atoms with Crippen molar-refractivity contribution in [1.82, 2.24) is 5.16 Å². The van der Waals surface area contributed by atoms with Crippen LogP contribution in [0.3, 0.4) is 0 Å². The maximum absolute atomic E-state index is 12.3. The molecule has 0 bridgehead atoms. The van der Waals surface area contributed by atoms with Gasteiger partial charge >= 0.3 is 0 Å². The fraction of sp³-hybridized carbons (Fsp3) is 0.286. The molecule has 1 amide bonds. The van der Waals surface area contributed by atoms with Crippen LogP contribution in [0.2, 0.25) is 5.02 Å². The summed E-state index contributed by atoms with van der Waals surface area (Å²) in [5.74, 6) is 0.371. The summed E-state index contributed by atoms with van der Waals surface area (Å²) in [6.07, 6.45) is 0.623. The second kappa shape index (κ2) is 5.45. The standard InChI is InChI=1S/C14H15ClN2O2/c1-4-12-13(9(3)17-19-12)14(18)16-11-7-10(15)6-5-8(11)2/h5-7H,4H2,1-3H3,(H,16,18). The summed E-state index contributed by atoms with van der Waals surface area (Å²) in [6, 6.07) is 5.37. The highest BCUT2D eigenvalue weighted by atomic mass is 35.5. The highest BCUT2D eigenvalue weighted by Crippen LogP contribution is 2.22. The van der Waals surface area contributed by atoms with E-state index in [0.717, 1.165) is 5.56 Å². The average Bonchev–Trinajstić information content (AvgIpc) is 2.75. The fourth-order valence-corrected chi connectivity index (χ4v) is 2.03. The van der Waals surface area contributed by atoms with Crippen molar-refractivity contribution < 1.29 is 9.32 Å². The molecule has 0 unspecified atom stereocenters. The monoisotopic (exact) mass is 278 g/mol. The molecular formula is C14H15ClN2O2. The van der Waals surface area contributed by atoms with E-state index in [9.17, 15) is 4.79 Å². The number of aromatic nitrogens is 1. The van der Waals surface area contributed by atoms with E-state index < -0.39 is 0 Å². The summed E-state index contributed by atoms with van der Waals surface area (Å²) in [7, 11) is 0. The molecule has 1 aromatic heterocycles. The van der Waals surface area contributed by atoms with Gasteiger partial charge in [-0.2, -0.15) is 0 Å². The Hall–Kier alpha value is -1.81. The van der Waals surface area contributed by atoms with Crippen molar-refractivity contribution in [2.75, 3.05) is 5.32 Å². The van der Waals surface area contributed by atoms with Crippen LogP contribution in [-0.4, -0.2) is 11.1 Å². The maximum Gasteiger partial charge on any atom is 0.261 e. The van der Waals surface area contributed by atoms with E-state index in [0.29, 0.717) is 34.1 Å². The SMILES string of the molecule is CCc1onc(C)c1C(=O)Nc1cc(Cl)ccc1C. The smallest absolute Gasteiger partial charge is 0.261 e. The normalized spacial score (nSPS) is 10.5. The summed E-state index contributed by atoms with van der Waals surface area (Å²) in [4.78, 5) is 12.3. The summed E-state index contributed by atoms with van der Waals surface area (Å²) in [6.45, 7) is 5.58. The van der Waals surface area contributed by atoms with Crippen molar-refractivity contribution >= 4 is 23.2 Å². The van der Waals surface area contributed by atoms with Gasteiger partial charge in [0.05, 0.1) is 5.69 Å². The lowest BCUT2D eigenvalue weighted by atomic mass is 10.1. The van der Waals surface area contributed by atoms with Gasteiger partial charge in [0.25, 0.3) is 5.91 Å². The van der Waals surface area contributed by atoms with Crippen molar-refractivity contribution in [1.29, 1.82) is 0 Å². The molecule has 2 aromatic rings. The molecule has 0 spiro atoms. The number of anilines is 1. The summed E-state index contributed by atoms with van der Waals surface area (Å²) >= 11 is 5.93. The van der Waals surface area contributed by atoms with Gasteiger partial charge in [-0.1, -0.05) is 29.7 Å². The molecule has 2 rings (SSSR count). The van der Waals surface area contributed by atoms with Gasteiger partial charge in [0, 0.05) is 17.1 Å². The molecule has 1 aromatic carbocycles. The molecule has 1 N–H and O–H groups in total. The van der Waals surface area contributed by atoms with E-state index in [1.165, 1.54) is 0 Å². The van der Waals surface area contributed by atoms with Crippen molar-refractivity contribution in [3.05, 3.63) is 45.8 Å². The first-order chi connectivity index (χ1) is 9.02. The largest absolute Gasteiger partial charge is 0.360 e. The molecular weight excluding hydrogens is 264 g/mol. The molecule has 0 fully saturated rings. The Bertz CT molecular complexity index is 620. The van der Waals surface area contributed by atoms with Gasteiger partial charge in [-0.3, -0.25) is 4.79 Å². The van der Waals surface area contributed by atoms with E-state index in [2.05, 4.69) is 10.5 Å². The molecule has 0 atom stereocenters. The number of benzene rings is 1. The lowest BCUT2D eigenvalue weighted by Gasteiger charge is -2.08. The Morgan fingerprint density at radius 3 is 2.84 bits per heavy atom. The first kappa shape index (κ1) is 13.6. The first-order valence-corrected chi connectivity index (χ1v) is 6.43. The third-order valence-electron chi connectivity index (χ3n) is 2.93. The van der Waals surface area contributed by atoms with E-state index in [4.69, 9.17) is 16.1 Å². The Labute approximate surface area is 116 Å². The Morgan fingerprint density at radius 1 is 1.42 bits per heavy atom. The number of hydrogen-bond donors (Lipinski definition) is 1. The zero-order valence-corrected chi connectivity index (χ0v) is 11.8. The molecule has 0 aliphatic rings. The third-order valence-corrected chi connectivity index (χ3v) is 3.16. The lowest BCUT2D eigenvalue weighted by Crippen LogP contribution is -2.15. The van der Waals surface area contributed by atoms with Gasteiger partial charge in [0.1, 0.15) is 11.3 Å². The van der Waals surface area contributed by atoms with Crippen molar-refractivity contribution in [2.24, 2.45) is 0 Å². The number of carbonyl (C=O) groups excluding carboxylic acids is 1. The van der Waals surface area contributed by atoms with Gasteiger partial charge < -0.3 is 9.84 Å². The number of amides is 1. The van der Waals surface area contributed by atoms with Crippen LogP contribution < -0.4 is 5.32 Å². The second-order valence-electron chi connectivity index (χ2n) is 4.33. The highest BCUT2D eigenvalue weighted by Gasteiger charge is 2.19. The van der Waals surface area contributed by atoms with Crippen LogP contribution in [-0.2, 0) is 6.42 Å². The Morgan fingerprint density at radius 2 is 2.16 bits per heavy atom. The molecule has 0 saturated carbocycles. The van der Waals surface area contributed by atoms with Gasteiger partial charge in [0.2, 0.25) is 0 Å². The minimum Gasteiger partial charge on any atom is -0.360 e. The number of nitrogens with one attached hydrogen (secondary N) is 1. The summed E-state index contributed by atoms with van der Waals surface area (Å²) in [5, 5.41) is 7.26. The quantitative estimate of drug-likeness (QED) is 0.930. The maximum atomic E-state index is 12.3. The van der Waals surface area contributed by atoms with Crippen molar-refractivity contribution in [3.8, 4) is 0 Å². The predicted molar refractivity (Wildman–Crippen MR) is 74.8 cm³/mol. The summed E-state index contributed by atoms with van der Waals surface area (Å²) in [5.41, 5.74) is 2.74. The van der Waals surface area contributed by atoms with E-state index in [1.807, 2.05) is 19.9 Å². The van der Waals surface area contributed by atoms with Gasteiger partial charge in [0.15, 0.2) is 0 Å². The van der Waals surface area contributed by atoms with Crippen LogP contribution in [0.15, 0.2) is 22.7 Å². The minimum atomic E-state index is -0.221. The first-order valence-electron chi connectivity index (χ1n) is 6.05. The number of halogens is 1. The molecule has 5 heteroatoms. The molecule has 0 radical (unpaired) electrons. The molecule has 19 heavy (non-hydrogen) atoms. The van der Waals surface area contributed by atoms with E-state index >= 15 is 0 Å². The van der Waals surface area contributed by atoms with Crippen molar-refractivity contribution in [3.63, 3.8) is 0 Å². The second-order valence-corrected chi connectivity index (χ2v) is 4.77. The average molecular weight is 279 g/mol. The van der Waals surface area contributed by atoms with Crippen LogP contribution in [0, 0.1) is 13.8 Å². The number of nitrogens with zero attached hydrogens (tertiary/aromatic N) is 1. The Kier molecular flexibility index (Phi) is 3.90.